The molecular formula is C13H23NO. The highest BCUT2D eigenvalue weighted by atomic mass is 16.1. The number of hydrogen-bond donors (Lipinski definition) is 0. The minimum atomic E-state index is 0.219. The fraction of sp³-hybridized carbons (Fsp3) is 0.923. The van der Waals surface area contributed by atoms with Gasteiger partial charge < -0.3 is 0 Å². The summed E-state index contributed by atoms with van der Waals surface area (Å²) in [5.74, 6) is 2.39. The Labute approximate surface area is 93.2 Å². The monoisotopic (exact) mass is 209 g/mol. The number of hydrogen-bond acceptors (Lipinski definition) is 2. The highest BCUT2D eigenvalue weighted by Gasteiger charge is 2.36. The molecule has 0 N–H and O–H groups in total. The zero-order valence-corrected chi connectivity index (χ0v) is 10.4. The van der Waals surface area contributed by atoms with Crippen LogP contribution in [0.5, 0.6) is 0 Å². The van der Waals surface area contributed by atoms with E-state index in [1.807, 2.05) is 0 Å². The summed E-state index contributed by atoms with van der Waals surface area (Å²) >= 11 is 0. The van der Waals surface area contributed by atoms with Crippen LogP contribution >= 0.6 is 0 Å². The first-order chi connectivity index (χ1) is 7.07. The quantitative estimate of drug-likeness (QED) is 0.517. The molecule has 2 atom stereocenters. The van der Waals surface area contributed by atoms with Gasteiger partial charge in [0.1, 0.15) is 0 Å². The van der Waals surface area contributed by atoms with Gasteiger partial charge in [-0.2, -0.15) is 0 Å². The van der Waals surface area contributed by atoms with E-state index >= 15 is 0 Å². The van der Waals surface area contributed by atoms with Gasteiger partial charge in [0, 0.05) is 0 Å². The maximum atomic E-state index is 10.5. The Morgan fingerprint density at radius 1 is 1.07 bits per heavy atom. The summed E-state index contributed by atoms with van der Waals surface area (Å²) in [6.45, 7) is 8.95. The van der Waals surface area contributed by atoms with Crippen LogP contribution in [0.25, 0.3) is 0 Å². The molecule has 1 saturated carbocycles. The molecule has 0 spiro atoms. The summed E-state index contributed by atoms with van der Waals surface area (Å²) < 4.78 is 0. The Morgan fingerprint density at radius 2 is 1.53 bits per heavy atom. The predicted octanol–water partition coefficient (Wildman–Crippen LogP) is 3.42. The summed E-state index contributed by atoms with van der Waals surface area (Å²) in [6, 6.07) is 0.219. The second-order valence-electron chi connectivity index (χ2n) is 5.46. The van der Waals surface area contributed by atoms with Gasteiger partial charge in [0.25, 0.3) is 0 Å². The van der Waals surface area contributed by atoms with Crippen molar-refractivity contribution in [2.45, 2.75) is 53.0 Å². The molecule has 1 rings (SSSR count). The molecule has 2 unspecified atom stereocenters. The zero-order chi connectivity index (χ0) is 11.4. The molecule has 1 aliphatic carbocycles. The standard InChI is InChI=1S/C13H23NO/c1-9(2)11-6-5-7-12(10(3)4)13(11)14-8-15/h9-13H,5-7H2,1-4H3. The molecular weight excluding hydrogens is 186 g/mol. The maximum absolute atomic E-state index is 10.5. The third-order valence-electron chi connectivity index (χ3n) is 3.87. The largest absolute Gasteiger partial charge is 0.235 e. The van der Waals surface area contributed by atoms with Crippen molar-refractivity contribution in [1.29, 1.82) is 0 Å². The lowest BCUT2D eigenvalue weighted by molar-refractivity contribution is 0.142. The van der Waals surface area contributed by atoms with Crippen molar-refractivity contribution >= 4 is 6.08 Å². The van der Waals surface area contributed by atoms with Crippen LogP contribution in [0, 0.1) is 23.7 Å². The SMILES string of the molecule is CC(C)C1CCCC(C(C)C)C1N=C=O. The van der Waals surface area contributed by atoms with Crippen LogP contribution in [-0.2, 0) is 4.79 Å². The lowest BCUT2D eigenvalue weighted by atomic mass is 9.69. The molecule has 15 heavy (non-hydrogen) atoms. The first kappa shape index (κ1) is 12.4. The van der Waals surface area contributed by atoms with Gasteiger partial charge in [0.2, 0.25) is 6.08 Å². The third-order valence-corrected chi connectivity index (χ3v) is 3.87. The molecule has 0 aromatic carbocycles. The normalized spacial score (nSPS) is 31.7. The number of rotatable bonds is 3. The Kier molecular flexibility index (Phi) is 4.53. The van der Waals surface area contributed by atoms with Crippen LogP contribution in [-0.4, -0.2) is 12.1 Å². The molecule has 0 aromatic heterocycles. The minimum Gasteiger partial charge on any atom is -0.211 e. The highest BCUT2D eigenvalue weighted by molar-refractivity contribution is 5.34. The Hall–Kier alpha value is -0.620. The molecule has 0 aromatic rings. The van der Waals surface area contributed by atoms with Crippen LogP contribution < -0.4 is 0 Å². The fourth-order valence-electron chi connectivity index (χ4n) is 2.96. The van der Waals surface area contributed by atoms with E-state index in [0.717, 1.165) is 0 Å². The van der Waals surface area contributed by atoms with Gasteiger partial charge in [-0.25, -0.2) is 9.79 Å². The van der Waals surface area contributed by atoms with Crippen LogP contribution in [0.15, 0.2) is 4.99 Å². The van der Waals surface area contributed by atoms with E-state index in [0.29, 0.717) is 23.7 Å². The van der Waals surface area contributed by atoms with E-state index in [9.17, 15) is 4.79 Å². The van der Waals surface area contributed by atoms with Crippen molar-refractivity contribution in [3.8, 4) is 0 Å². The van der Waals surface area contributed by atoms with Gasteiger partial charge in [-0.1, -0.05) is 34.1 Å². The van der Waals surface area contributed by atoms with Gasteiger partial charge in [-0.15, -0.1) is 0 Å². The van der Waals surface area contributed by atoms with Gasteiger partial charge in [0.05, 0.1) is 6.04 Å². The Bertz CT molecular complexity index is 225. The van der Waals surface area contributed by atoms with Crippen molar-refractivity contribution in [1.82, 2.24) is 0 Å². The molecule has 2 nitrogen and oxygen atoms in total. The van der Waals surface area contributed by atoms with Crippen LogP contribution in [0.1, 0.15) is 47.0 Å². The molecule has 0 radical (unpaired) electrons. The van der Waals surface area contributed by atoms with E-state index in [-0.39, 0.29) is 6.04 Å². The third kappa shape index (κ3) is 2.92. The molecule has 1 fully saturated rings. The topological polar surface area (TPSA) is 29.4 Å². The summed E-state index contributed by atoms with van der Waals surface area (Å²) in [5, 5.41) is 0. The van der Waals surface area contributed by atoms with E-state index in [1.165, 1.54) is 19.3 Å². The van der Waals surface area contributed by atoms with E-state index in [2.05, 4.69) is 32.7 Å². The van der Waals surface area contributed by atoms with E-state index in [4.69, 9.17) is 0 Å². The summed E-state index contributed by atoms with van der Waals surface area (Å²) in [7, 11) is 0. The number of carbonyl (C=O) groups excluding carboxylic acids is 1. The maximum Gasteiger partial charge on any atom is 0.235 e. The molecule has 0 bridgehead atoms. The lowest BCUT2D eigenvalue weighted by Crippen LogP contribution is -2.37. The molecule has 0 aliphatic heterocycles. The van der Waals surface area contributed by atoms with Crippen molar-refractivity contribution in [2.24, 2.45) is 28.7 Å². The summed E-state index contributed by atoms with van der Waals surface area (Å²) in [6.07, 6.45) is 5.51. The smallest absolute Gasteiger partial charge is 0.211 e. The second kappa shape index (κ2) is 5.46. The molecule has 0 heterocycles. The lowest BCUT2D eigenvalue weighted by Gasteiger charge is -2.39. The number of aliphatic imine (C=N–C) groups is 1. The van der Waals surface area contributed by atoms with Crippen molar-refractivity contribution in [2.75, 3.05) is 0 Å². The van der Waals surface area contributed by atoms with E-state index < -0.39 is 0 Å². The van der Waals surface area contributed by atoms with Gasteiger partial charge in [-0.3, -0.25) is 0 Å². The van der Waals surface area contributed by atoms with Gasteiger partial charge in [-0.05, 0) is 36.5 Å². The Morgan fingerprint density at radius 3 is 1.87 bits per heavy atom. The first-order valence-corrected chi connectivity index (χ1v) is 6.15. The predicted molar refractivity (Wildman–Crippen MR) is 62.4 cm³/mol. The van der Waals surface area contributed by atoms with Gasteiger partial charge >= 0.3 is 0 Å². The molecule has 1 aliphatic rings. The summed E-state index contributed by atoms with van der Waals surface area (Å²) in [5.41, 5.74) is 0. The van der Waals surface area contributed by atoms with Crippen molar-refractivity contribution in [3.63, 3.8) is 0 Å². The first-order valence-electron chi connectivity index (χ1n) is 6.15. The van der Waals surface area contributed by atoms with E-state index in [1.54, 1.807) is 6.08 Å². The number of isocyanates is 1. The van der Waals surface area contributed by atoms with Crippen LogP contribution in [0.2, 0.25) is 0 Å². The molecule has 0 saturated heterocycles. The second-order valence-corrected chi connectivity index (χ2v) is 5.46. The molecule has 0 amide bonds. The van der Waals surface area contributed by atoms with Gasteiger partial charge in [0.15, 0.2) is 0 Å². The highest BCUT2D eigenvalue weighted by Crippen LogP contribution is 2.39. The average Bonchev–Trinajstić information content (AvgIpc) is 2.17. The van der Waals surface area contributed by atoms with Crippen LogP contribution in [0.3, 0.4) is 0 Å². The molecule has 2 heteroatoms. The minimum absolute atomic E-state index is 0.219. The zero-order valence-electron chi connectivity index (χ0n) is 10.4. The average molecular weight is 209 g/mol. The fourth-order valence-corrected chi connectivity index (χ4v) is 2.96. The van der Waals surface area contributed by atoms with Crippen molar-refractivity contribution < 1.29 is 4.79 Å². The molecule has 86 valence electrons. The number of nitrogens with zero attached hydrogens (tertiary/aromatic N) is 1. The van der Waals surface area contributed by atoms with Crippen molar-refractivity contribution in [3.05, 3.63) is 0 Å². The van der Waals surface area contributed by atoms with Crippen LogP contribution in [0.4, 0.5) is 0 Å². The Balaban J connectivity index is 2.85. The summed E-state index contributed by atoms with van der Waals surface area (Å²) in [4.78, 5) is 14.6.